The van der Waals surface area contributed by atoms with Crippen LogP contribution in [-0.2, 0) is 4.74 Å². The smallest absolute Gasteiger partial charge is 0.244 e. The number of hydrogen-bond acceptors (Lipinski definition) is 7. The third kappa shape index (κ3) is 4.96. The van der Waals surface area contributed by atoms with Gasteiger partial charge in [0.1, 0.15) is 0 Å². The molecule has 0 radical (unpaired) electrons. The molecule has 1 atom stereocenters. The lowest BCUT2D eigenvalue weighted by atomic mass is 10.2. The Kier molecular flexibility index (Phi) is 5.29. The molecule has 0 amide bonds. The van der Waals surface area contributed by atoms with Crippen molar-refractivity contribution < 1.29 is 4.74 Å². The summed E-state index contributed by atoms with van der Waals surface area (Å²) in [7, 11) is 4.06. The van der Waals surface area contributed by atoms with Gasteiger partial charge in [-0.2, -0.15) is 10.1 Å². The summed E-state index contributed by atoms with van der Waals surface area (Å²) in [6.45, 7) is 3.36. The van der Waals surface area contributed by atoms with E-state index in [0.29, 0.717) is 12.1 Å². The maximum absolute atomic E-state index is 5.55. The zero-order valence-electron chi connectivity index (χ0n) is 11.6. The van der Waals surface area contributed by atoms with Crippen LogP contribution in [0.3, 0.4) is 0 Å². The minimum atomic E-state index is 0.292. The fraction of sp³-hybridized carbons (Fsp3) is 0.750. The predicted octanol–water partition coefficient (Wildman–Crippen LogP) is 0.436. The Morgan fingerprint density at radius 3 is 3.05 bits per heavy atom. The molecule has 0 spiro atoms. The van der Waals surface area contributed by atoms with Crippen molar-refractivity contribution in [1.82, 2.24) is 20.1 Å². The van der Waals surface area contributed by atoms with Crippen molar-refractivity contribution in [3.63, 3.8) is 0 Å². The molecule has 7 nitrogen and oxygen atoms in total. The summed E-state index contributed by atoms with van der Waals surface area (Å²) in [4.78, 5) is 6.46. The van der Waals surface area contributed by atoms with Crippen molar-refractivity contribution >= 4 is 11.8 Å². The summed E-state index contributed by atoms with van der Waals surface area (Å²) in [5, 5.41) is 14.3. The molecular weight excluding hydrogens is 244 g/mol. The summed E-state index contributed by atoms with van der Waals surface area (Å²) in [5.41, 5.74) is 0. The molecule has 1 unspecified atom stereocenters. The number of likely N-dealkylation sites (N-methyl/N-ethyl adjacent to an activating group) is 1. The van der Waals surface area contributed by atoms with Crippen LogP contribution in [0, 0.1) is 0 Å². The molecule has 1 aliphatic heterocycles. The number of nitrogens with zero attached hydrogens (tertiary/aromatic N) is 4. The second-order valence-electron chi connectivity index (χ2n) is 4.91. The van der Waals surface area contributed by atoms with Crippen molar-refractivity contribution in [2.45, 2.75) is 18.9 Å². The van der Waals surface area contributed by atoms with Crippen molar-refractivity contribution in [2.75, 3.05) is 51.0 Å². The van der Waals surface area contributed by atoms with E-state index in [1.807, 2.05) is 14.1 Å². The lowest BCUT2D eigenvalue weighted by molar-refractivity contribution is 0.120. The van der Waals surface area contributed by atoms with Crippen LogP contribution in [0.15, 0.2) is 6.20 Å². The number of nitrogens with one attached hydrogen (secondary N) is 2. The van der Waals surface area contributed by atoms with E-state index in [9.17, 15) is 0 Å². The molecule has 0 aliphatic carbocycles. The Balaban J connectivity index is 1.77. The average molecular weight is 266 g/mol. The molecule has 19 heavy (non-hydrogen) atoms. The summed E-state index contributed by atoms with van der Waals surface area (Å²) >= 11 is 0. The Hall–Kier alpha value is -1.47. The normalized spacial score (nSPS) is 18.8. The molecule has 2 rings (SSSR count). The minimum Gasteiger partial charge on any atom is -0.376 e. The Morgan fingerprint density at radius 2 is 2.32 bits per heavy atom. The van der Waals surface area contributed by atoms with Gasteiger partial charge in [-0.1, -0.05) is 0 Å². The van der Waals surface area contributed by atoms with Gasteiger partial charge in [0.15, 0.2) is 5.82 Å². The third-order valence-electron chi connectivity index (χ3n) is 2.94. The number of aromatic nitrogens is 3. The molecule has 7 heteroatoms. The van der Waals surface area contributed by atoms with Gasteiger partial charge in [-0.25, -0.2) is 0 Å². The highest BCUT2D eigenvalue weighted by molar-refractivity contribution is 5.36. The first-order chi connectivity index (χ1) is 9.24. The van der Waals surface area contributed by atoms with Crippen LogP contribution in [0.1, 0.15) is 12.8 Å². The Bertz CT molecular complexity index is 380. The van der Waals surface area contributed by atoms with E-state index in [0.717, 1.165) is 44.9 Å². The van der Waals surface area contributed by atoms with Gasteiger partial charge >= 0.3 is 0 Å². The Morgan fingerprint density at radius 1 is 1.42 bits per heavy atom. The molecule has 2 N–H and O–H groups in total. The predicted molar refractivity (Wildman–Crippen MR) is 74.3 cm³/mol. The highest BCUT2D eigenvalue weighted by Gasteiger charge is 2.15. The van der Waals surface area contributed by atoms with Crippen LogP contribution in [0.4, 0.5) is 11.8 Å². The van der Waals surface area contributed by atoms with E-state index in [1.165, 1.54) is 0 Å². The maximum atomic E-state index is 5.55. The molecule has 1 aromatic rings. The van der Waals surface area contributed by atoms with Crippen LogP contribution < -0.4 is 10.6 Å². The van der Waals surface area contributed by atoms with Crippen molar-refractivity contribution in [3.8, 4) is 0 Å². The minimum absolute atomic E-state index is 0.292. The van der Waals surface area contributed by atoms with Gasteiger partial charge in [0.05, 0.1) is 12.3 Å². The molecule has 0 saturated carbocycles. The van der Waals surface area contributed by atoms with Gasteiger partial charge in [0, 0.05) is 26.2 Å². The number of rotatable bonds is 7. The van der Waals surface area contributed by atoms with E-state index >= 15 is 0 Å². The van der Waals surface area contributed by atoms with Gasteiger partial charge in [-0.15, -0.1) is 5.10 Å². The zero-order valence-corrected chi connectivity index (χ0v) is 11.6. The van der Waals surface area contributed by atoms with Gasteiger partial charge in [-0.3, -0.25) is 0 Å². The highest BCUT2D eigenvalue weighted by Crippen LogP contribution is 2.12. The second-order valence-corrected chi connectivity index (χ2v) is 4.91. The van der Waals surface area contributed by atoms with E-state index in [2.05, 4.69) is 30.7 Å². The van der Waals surface area contributed by atoms with Crippen molar-refractivity contribution in [2.24, 2.45) is 0 Å². The number of ether oxygens (including phenoxy) is 1. The Labute approximate surface area is 113 Å². The SMILES string of the molecule is CN(C)CCNc1nncc(NCC2CCCO2)n1. The number of hydrogen-bond donors (Lipinski definition) is 2. The molecule has 0 aromatic carbocycles. The van der Waals surface area contributed by atoms with E-state index < -0.39 is 0 Å². The molecule has 0 bridgehead atoms. The van der Waals surface area contributed by atoms with Crippen LogP contribution in [0.2, 0.25) is 0 Å². The van der Waals surface area contributed by atoms with Crippen LogP contribution in [0.25, 0.3) is 0 Å². The summed E-state index contributed by atoms with van der Waals surface area (Å²) in [5.74, 6) is 1.29. The highest BCUT2D eigenvalue weighted by atomic mass is 16.5. The van der Waals surface area contributed by atoms with Crippen LogP contribution in [0.5, 0.6) is 0 Å². The van der Waals surface area contributed by atoms with E-state index in [-0.39, 0.29) is 0 Å². The van der Waals surface area contributed by atoms with Crippen LogP contribution >= 0.6 is 0 Å². The van der Waals surface area contributed by atoms with Gasteiger partial charge in [-0.05, 0) is 26.9 Å². The second kappa shape index (κ2) is 7.20. The van der Waals surface area contributed by atoms with Crippen LogP contribution in [-0.4, -0.2) is 66.5 Å². The van der Waals surface area contributed by atoms with Gasteiger partial charge in [0.25, 0.3) is 0 Å². The standard InChI is InChI=1S/C12H22N6O/c1-18(2)6-5-13-12-16-11(9-15-17-12)14-8-10-4-3-7-19-10/h9-10H,3-8H2,1-2H3,(H2,13,14,16,17). The quantitative estimate of drug-likeness (QED) is 0.741. The third-order valence-corrected chi connectivity index (χ3v) is 2.94. The summed E-state index contributed by atoms with van der Waals surface area (Å²) in [6, 6.07) is 0. The molecule has 1 fully saturated rings. The summed E-state index contributed by atoms with van der Waals surface area (Å²) in [6.07, 6.45) is 4.18. The lowest BCUT2D eigenvalue weighted by Crippen LogP contribution is -2.22. The zero-order chi connectivity index (χ0) is 13.5. The average Bonchev–Trinajstić information content (AvgIpc) is 2.89. The molecule has 2 heterocycles. The molecule has 1 aliphatic rings. The fourth-order valence-corrected chi connectivity index (χ4v) is 1.88. The number of anilines is 2. The van der Waals surface area contributed by atoms with Gasteiger partial charge in [0.2, 0.25) is 5.95 Å². The first-order valence-corrected chi connectivity index (χ1v) is 6.68. The maximum Gasteiger partial charge on any atom is 0.244 e. The van der Waals surface area contributed by atoms with Crippen molar-refractivity contribution in [1.29, 1.82) is 0 Å². The van der Waals surface area contributed by atoms with E-state index in [1.54, 1.807) is 6.20 Å². The lowest BCUT2D eigenvalue weighted by Gasteiger charge is -2.12. The largest absolute Gasteiger partial charge is 0.376 e. The first-order valence-electron chi connectivity index (χ1n) is 6.68. The topological polar surface area (TPSA) is 75.2 Å². The fourth-order valence-electron chi connectivity index (χ4n) is 1.88. The molecule has 106 valence electrons. The van der Waals surface area contributed by atoms with Crippen molar-refractivity contribution in [3.05, 3.63) is 6.20 Å². The molecule has 1 saturated heterocycles. The monoisotopic (exact) mass is 266 g/mol. The van der Waals surface area contributed by atoms with E-state index in [4.69, 9.17) is 4.74 Å². The molecule has 1 aromatic heterocycles. The molecular formula is C12H22N6O. The summed E-state index contributed by atoms with van der Waals surface area (Å²) < 4.78 is 5.55. The first kappa shape index (κ1) is 14.0. The van der Waals surface area contributed by atoms with Gasteiger partial charge < -0.3 is 20.3 Å².